The number of carbonyl (C=O) groups excluding carboxylic acids is 1. The average molecular weight is 273 g/mol. The Morgan fingerprint density at radius 2 is 2.00 bits per heavy atom. The molecule has 0 saturated carbocycles. The highest BCUT2D eigenvalue weighted by molar-refractivity contribution is 5.94. The number of nitriles is 1. The van der Waals surface area contributed by atoms with Gasteiger partial charge in [0.25, 0.3) is 5.91 Å². The maximum atomic E-state index is 12.4. The van der Waals surface area contributed by atoms with E-state index < -0.39 is 0 Å². The van der Waals surface area contributed by atoms with Crippen LogP contribution >= 0.6 is 0 Å². The maximum Gasteiger partial charge on any atom is 0.254 e. The van der Waals surface area contributed by atoms with E-state index in [9.17, 15) is 4.79 Å². The standard InChI is InChI=1S/C16H23N3O/c1-4-11-18-15-8-6-14(7-9-15)16(20)19(13(2)3)12-5-10-17/h6-9,13,18H,4-5,11-12H2,1-3H3. The van der Waals surface area contributed by atoms with E-state index in [0.717, 1.165) is 18.7 Å². The first-order chi connectivity index (χ1) is 9.60. The molecule has 0 spiro atoms. The van der Waals surface area contributed by atoms with Crippen LogP contribution in [0.25, 0.3) is 0 Å². The fraction of sp³-hybridized carbons (Fsp3) is 0.500. The lowest BCUT2D eigenvalue weighted by molar-refractivity contribution is 0.0710. The van der Waals surface area contributed by atoms with E-state index in [0.29, 0.717) is 18.5 Å². The van der Waals surface area contributed by atoms with Crippen LogP contribution in [-0.2, 0) is 0 Å². The van der Waals surface area contributed by atoms with E-state index >= 15 is 0 Å². The first-order valence-electron chi connectivity index (χ1n) is 7.12. The molecule has 1 rings (SSSR count). The molecule has 0 atom stereocenters. The van der Waals surface area contributed by atoms with Crippen LogP contribution < -0.4 is 5.32 Å². The number of anilines is 1. The molecular weight excluding hydrogens is 250 g/mol. The zero-order valence-corrected chi connectivity index (χ0v) is 12.5. The number of hydrogen-bond donors (Lipinski definition) is 1. The monoisotopic (exact) mass is 273 g/mol. The molecule has 0 aliphatic carbocycles. The van der Waals surface area contributed by atoms with Crippen molar-refractivity contribution < 1.29 is 4.79 Å². The molecule has 0 fully saturated rings. The Labute approximate surface area is 121 Å². The van der Waals surface area contributed by atoms with Crippen molar-refractivity contribution in [3.63, 3.8) is 0 Å². The Kier molecular flexibility index (Phi) is 6.58. The average Bonchev–Trinajstić information content (AvgIpc) is 2.45. The molecular formula is C16H23N3O. The Hall–Kier alpha value is -2.02. The molecule has 1 amide bonds. The minimum atomic E-state index is -0.0164. The molecule has 0 radical (unpaired) electrons. The molecule has 0 bridgehead atoms. The van der Waals surface area contributed by atoms with Crippen LogP contribution in [0.5, 0.6) is 0 Å². The summed E-state index contributed by atoms with van der Waals surface area (Å²) < 4.78 is 0. The van der Waals surface area contributed by atoms with E-state index in [1.54, 1.807) is 4.90 Å². The van der Waals surface area contributed by atoms with Gasteiger partial charge in [0.05, 0.1) is 12.5 Å². The fourth-order valence-corrected chi connectivity index (χ4v) is 1.93. The lowest BCUT2D eigenvalue weighted by atomic mass is 10.1. The van der Waals surface area contributed by atoms with Gasteiger partial charge in [-0.3, -0.25) is 4.79 Å². The molecule has 4 nitrogen and oxygen atoms in total. The molecule has 0 saturated heterocycles. The second-order valence-electron chi connectivity index (χ2n) is 5.00. The second kappa shape index (κ2) is 8.21. The van der Waals surface area contributed by atoms with Gasteiger partial charge in [0.2, 0.25) is 0 Å². The van der Waals surface area contributed by atoms with Crippen molar-refractivity contribution in [1.82, 2.24) is 4.90 Å². The van der Waals surface area contributed by atoms with Crippen molar-refractivity contribution >= 4 is 11.6 Å². The second-order valence-corrected chi connectivity index (χ2v) is 5.00. The van der Waals surface area contributed by atoms with Gasteiger partial charge in [0, 0.05) is 30.4 Å². The minimum absolute atomic E-state index is 0.0164. The normalized spacial score (nSPS) is 10.2. The zero-order valence-electron chi connectivity index (χ0n) is 12.5. The third kappa shape index (κ3) is 4.58. The number of nitrogens with zero attached hydrogens (tertiary/aromatic N) is 2. The van der Waals surface area contributed by atoms with Gasteiger partial charge in [-0.05, 0) is 44.5 Å². The summed E-state index contributed by atoms with van der Waals surface area (Å²) in [4.78, 5) is 14.1. The van der Waals surface area contributed by atoms with Crippen LogP contribution in [0.1, 0.15) is 44.0 Å². The number of carbonyl (C=O) groups is 1. The number of benzene rings is 1. The molecule has 0 aromatic heterocycles. The summed E-state index contributed by atoms with van der Waals surface area (Å²) in [5, 5.41) is 12.0. The van der Waals surface area contributed by atoms with Gasteiger partial charge in [0.1, 0.15) is 0 Å². The van der Waals surface area contributed by atoms with Gasteiger partial charge < -0.3 is 10.2 Å². The van der Waals surface area contributed by atoms with Crippen molar-refractivity contribution in [3.05, 3.63) is 29.8 Å². The summed E-state index contributed by atoms with van der Waals surface area (Å²) in [6, 6.07) is 9.69. The zero-order chi connectivity index (χ0) is 15.0. The van der Waals surface area contributed by atoms with Crippen molar-refractivity contribution in [1.29, 1.82) is 5.26 Å². The van der Waals surface area contributed by atoms with Crippen LogP contribution in [0.15, 0.2) is 24.3 Å². The first kappa shape index (κ1) is 16.0. The molecule has 1 aromatic carbocycles. The Balaban J connectivity index is 2.76. The summed E-state index contributed by atoms with van der Waals surface area (Å²) in [7, 11) is 0. The van der Waals surface area contributed by atoms with E-state index in [1.165, 1.54) is 0 Å². The summed E-state index contributed by atoms with van der Waals surface area (Å²) >= 11 is 0. The molecule has 0 aliphatic heterocycles. The molecule has 1 aromatic rings. The number of hydrogen-bond acceptors (Lipinski definition) is 3. The summed E-state index contributed by atoms with van der Waals surface area (Å²) in [6.07, 6.45) is 1.43. The summed E-state index contributed by atoms with van der Waals surface area (Å²) in [5.74, 6) is -0.0164. The molecule has 0 aliphatic rings. The predicted molar refractivity (Wildman–Crippen MR) is 81.6 cm³/mol. The van der Waals surface area contributed by atoms with Crippen LogP contribution in [0.4, 0.5) is 5.69 Å². The van der Waals surface area contributed by atoms with Crippen LogP contribution in [-0.4, -0.2) is 29.9 Å². The maximum absolute atomic E-state index is 12.4. The van der Waals surface area contributed by atoms with Crippen molar-refractivity contribution in [2.24, 2.45) is 0 Å². The third-order valence-corrected chi connectivity index (χ3v) is 3.06. The van der Waals surface area contributed by atoms with Crippen molar-refractivity contribution in [2.75, 3.05) is 18.4 Å². The topological polar surface area (TPSA) is 56.1 Å². The lowest BCUT2D eigenvalue weighted by Crippen LogP contribution is -2.37. The third-order valence-electron chi connectivity index (χ3n) is 3.06. The van der Waals surface area contributed by atoms with Crippen LogP contribution in [0, 0.1) is 11.3 Å². The minimum Gasteiger partial charge on any atom is -0.385 e. The predicted octanol–water partition coefficient (Wildman–Crippen LogP) is 3.27. The highest BCUT2D eigenvalue weighted by Crippen LogP contribution is 2.13. The molecule has 20 heavy (non-hydrogen) atoms. The number of amides is 1. The van der Waals surface area contributed by atoms with Gasteiger partial charge >= 0.3 is 0 Å². The Morgan fingerprint density at radius 1 is 1.35 bits per heavy atom. The molecule has 1 N–H and O–H groups in total. The highest BCUT2D eigenvalue weighted by atomic mass is 16.2. The Morgan fingerprint density at radius 3 is 2.50 bits per heavy atom. The summed E-state index contributed by atoms with van der Waals surface area (Å²) in [5.41, 5.74) is 1.69. The van der Waals surface area contributed by atoms with E-state index in [4.69, 9.17) is 5.26 Å². The van der Waals surface area contributed by atoms with Crippen LogP contribution in [0.3, 0.4) is 0 Å². The quantitative estimate of drug-likeness (QED) is 0.829. The summed E-state index contributed by atoms with van der Waals surface area (Å²) in [6.45, 7) is 7.44. The van der Waals surface area contributed by atoms with Crippen molar-refractivity contribution in [3.8, 4) is 6.07 Å². The SMILES string of the molecule is CCCNc1ccc(C(=O)N(CCC#N)C(C)C)cc1. The molecule has 4 heteroatoms. The highest BCUT2D eigenvalue weighted by Gasteiger charge is 2.18. The fourth-order valence-electron chi connectivity index (χ4n) is 1.93. The smallest absolute Gasteiger partial charge is 0.254 e. The lowest BCUT2D eigenvalue weighted by Gasteiger charge is -2.26. The van der Waals surface area contributed by atoms with E-state index in [1.807, 2.05) is 38.1 Å². The van der Waals surface area contributed by atoms with Gasteiger partial charge in [-0.1, -0.05) is 6.92 Å². The molecule has 108 valence electrons. The Bertz CT molecular complexity index is 460. The first-order valence-corrected chi connectivity index (χ1v) is 7.12. The van der Waals surface area contributed by atoms with Crippen LogP contribution in [0.2, 0.25) is 0 Å². The number of rotatable bonds is 7. The van der Waals surface area contributed by atoms with Crippen molar-refractivity contribution in [2.45, 2.75) is 39.7 Å². The van der Waals surface area contributed by atoms with Gasteiger partial charge in [-0.2, -0.15) is 5.26 Å². The van der Waals surface area contributed by atoms with Gasteiger partial charge in [0.15, 0.2) is 0 Å². The largest absolute Gasteiger partial charge is 0.385 e. The van der Waals surface area contributed by atoms with Gasteiger partial charge in [-0.25, -0.2) is 0 Å². The molecule has 0 heterocycles. The molecule has 0 unspecified atom stereocenters. The number of nitrogens with one attached hydrogen (secondary N) is 1. The van der Waals surface area contributed by atoms with Gasteiger partial charge in [-0.15, -0.1) is 0 Å². The van der Waals surface area contributed by atoms with E-state index in [-0.39, 0.29) is 11.9 Å². The van der Waals surface area contributed by atoms with E-state index in [2.05, 4.69) is 18.3 Å².